The first-order valence-corrected chi connectivity index (χ1v) is 12.0. The minimum Gasteiger partial charge on any atom is -0.372 e. The number of aryl methyl sites for hydroxylation is 1. The molecule has 0 bridgehead atoms. The number of carbonyl (C=O) groups excluding carboxylic acids is 1. The molecule has 3 rings (SSSR count). The van der Waals surface area contributed by atoms with Crippen LogP contribution in [0.2, 0.25) is 0 Å². The number of benzene rings is 2. The Morgan fingerprint density at radius 1 is 0.967 bits per heavy atom. The zero-order valence-corrected chi connectivity index (χ0v) is 19.0. The molecule has 0 saturated carbocycles. The topological polar surface area (TPSA) is 60.9 Å². The van der Waals surface area contributed by atoms with Gasteiger partial charge in [-0.1, -0.05) is 36.8 Å². The first kappa shape index (κ1) is 22.3. The summed E-state index contributed by atoms with van der Waals surface area (Å²) in [6.07, 6.45) is -0.290. The van der Waals surface area contributed by atoms with Gasteiger partial charge in [0.1, 0.15) is 6.17 Å². The lowest BCUT2D eigenvalue weighted by Crippen LogP contribution is -2.37. The van der Waals surface area contributed by atoms with Gasteiger partial charge in [0.15, 0.2) is 0 Å². The fourth-order valence-electron chi connectivity index (χ4n) is 3.96. The van der Waals surface area contributed by atoms with Gasteiger partial charge in [-0.2, -0.15) is 4.31 Å². The highest BCUT2D eigenvalue weighted by Crippen LogP contribution is 2.36. The van der Waals surface area contributed by atoms with Crippen LogP contribution in [0, 0.1) is 6.92 Å². The third-order valence-corrected chi connectivity index (χ3v) is 7.57. The van der Waals surface area contributed by atoms with Gasteiger partial charge >= 0.3 is 0 Å². The molecule has 162 valence electrons. The predicted octanol–water partition coefficient (Wildman–Crippen LogP) is 3.78. The van der Waals surface area contributed by atoms with E-state index in [4.69, 9.17) is 0 Å². The zero-order chi connectivity index (χ0) is 21.9. The number of rotatable bonds is 7. The number of hydrogen-bond acceptors (Lipinski definition) is 4. The van der Waals surface area contributed by atoms with Crippen LogP contribution in [0.5, 0.6) is 0 Å². The van der Waals surface area contributed by atoms with Crippen LogP contribution < -0.4 is 4.90 Å². The maximum absolute atomic E-state index is 13.4. The van der Waals surface area contributed by atoms with Crippen LogP contribution in [0.15, 0.2) is 53.4 Å². The minimum absolute atomic E-state index is 0.0468. The standard InChI is InChI=1S/C23H31N3O3S/c1-5-22(27)25-16-17-26(30(28,29)21-14-8-18(4)9-15-21)23(25)19-10-12-20(13-11-19)24(6-2)7-3/h8-15,23H,5-7,16-17H2,1-4H3. The minimum atomic E-state index is -3.73. The van der Waals surface area contributed by atoms with Gasteiger partial charge in [0, 0.05) is 38.3 Å². The second kappa shape index (κ2) is 9.18. The van der Waals surface area contributed by atoms with Gasteiger partial charge in [0.2, 0.25) is 15.9 Å². The van der Waals surface area contributed by atoms with Crippen molar-refractivity contribution < 1.29 is 13.2 Å². The summed E-state index contributed by atoms with van der Waals surface area (Å²) < 4.78 is 28.3. The highest BCUT2D eigenvalue weighted by atomic mass is 32.2. The van der Waals surface area contributed by atoms with Crippen LogP contribution in [0.4, 0.5) is 5.69 Å². The molecular formula is C23H31N3O3S. The Morgan fingerprint density at radius 2 is 1.57 bits per heavy atom. The summed E-state index contributed by atoms with van der Waals surface area (Å²) in [6, 6.07) is 14.8. The molecule has 1 heterocycles. The van der Waals surface area contributed by atoms with Crippen molar-refractivity contribution in [2.45, 2.75) is 45.2 Å². The first-order chi connectivity index (χ1) is 14.3. The van der Waals surface area contributed by atoms with Crippen molar-refractivity contribution in [3.63, 3.8) is 0 Å². The molecule has 30 heavy (non-hydrogen) atoms. The molecule has 0 aliphatic carbocycles. The lowest BCUT2D eigenvalue weighted by molar-refractivity contribution is -0.132. The maximum atomic E-state index is 13.4. The second-order valence-electron chi connectivity index (χ2n) is 7.51. The Kier molecular flexibility index (Phi) is 6.83. The Morgan fingerprint density at radius 3 is 2.10 bits per heavy atom. The molecule has 1 amide bonds. The molecule has 1 aliphatic rings. The first-order valence-electron chi connectivity index (χ1n) is 10.6. The monoisotopic (exact) mass is 429 g/mol. The van der Waals surface area contributed by atoms with E-state index in [0.29, 0.717) is 13.0 Å². The number of nitrogens with zero attached hydrogens (tertiary/aromatic N) is 3. The van der Waals surface area contributed by atoms with Crippen molar-refractivity contribution >= 4 is 21.6 Å². The highest BCUT2D eigenvalue weighted by Gasteiger charge is 2.42. The molecule has 1 atom stereocenters. The van der Waals surface area contributed by atoms with E-state index in [2.05, 4.69) is 18.7 Å². The number of hydrogen-bond donors (Lipinski definition) is 0. The molecule has 1 unspecified atom stereocenters. The Balaban J connectivity index is 2.01. The smallest absolute Gasteiger partial charge is 0.245 e. The molecular weight excluding hydrogens is 398 g/mol. The Hall–Kier alpha value is -2.38. The van der Waals surface area contributed by atoms with E-state index in [0.717, 1.165) is 29.9 Å². The Labute approximate surface area is 180 Å². The summed E-state index contributed by atoms with van der Waals surface area (Å²) in [4.78, 5) is 16.8. The summed E-state index contributed by atoms with van der Waals surface area (Å²) in [5, 5.41) is 0. The highest BCUT2D eigenvalue weighted by molar-refractivity contribution is 7.89. The number of anilines is 1. The van der Waals surface area contributed by atoms with E-state index in [-0.39, 0.29) is 17.3 Å². The molecule has 0 N–H and O–H groups in total. The third kappa shape index (κ3) is 4.23. The van der Waals surface area contributed by atoms with Gasteiger partial charge in [-0.25, -0.2) is 8.42 Å². The average molecular weight is 430 g/mol. The van der Waals surface area contributed by atoms with Crippen molar-refractivity contribution in [3.05, 3.63) is 59.7 Å². The zero-order valence-electron chi connectivity index (χ0n) is 18.2. The number of amides is 1. The van der Waals surface area contributed by atoms with E-state index < -0.39 is 16.2 Å². The van der Waals surface area contributed by atoms with Crippen molar-refractivity contribution in [3.8, 4) is 0 Å². The Bertz CT molecular complexity index is 968. The molecule has 1 aliphatic heterocycles. The summed E-state index contributed by atoms with van der Waals surface area (Å²) in [7, 11) is -3.73. The van der Waals surface area contributed by atoms with E-state index in [1.807, 2.05) is 31.2 Å². The molecule has 6 nitrogen and oxygen atoms in total. The molecule has 1 fully saturated rings. The van der Waals surface area contributed by atoms with Gasteiger partial charge in [-0.05, 0) is 50.6 Å². The van der Waals surface area contributed by atoms with Gasteiger partial charge in [-0.15, -0.1) is 0 Å². The summed E-state index contributed by atoms with van der Waals surface area (Å²) >= 11 is 0. The molecule has 1 saturated heterocycles. The van der Waals surface area contributed by atoms with Crippen molar-refractivity contribution in [2.24, 2.45) is 0 Å². The molecule has 0 spiro atoms. The molecule has 7 heteroatoms. The van der Waals surface area contributed by atoms with Gasteiger partial charge < -0.3 is 9.80 Å². The molecule has 0 radical (unpaired) electrons. The lowest BCUT2D eigenvalue weighted by atomic mass is 10.1. The van der Waals surface area contributed by atoms with Crippen LogP contribution in [0.3, 0.4) is 0 Å². The number of sulfonamides is 1. The van der Waals surface area contributed by atoms with Crippen molar-refractivity contribution in [1.82, 2.24) is 9.21 Å². The van der Waals surface area contributed by atoms with Crippen molar-refractivity contribution in [2.75, 3.05) is 31.1 Å². The third-order valence-electron chi connectivity index (χ3n) is 5.70. The number of carbonyl (C=O) groups is 1. The van der Waals surface area contributed by atoms with Crippen LogP contribution in [0.1, 0.15) is 44.5 Å². The summed E-state index contributed by atoms with van der Waals surface area (Å²) in [5.41, 5.74) is 2.89. The molecule has 0 aromatic heterocycles. The summed E-state index contributed by atoms with van der Waals surface area (Å²) in [6.45, 7) is 10.4. The quantitative estimate of drug-likeness (QED) is 0.672. The SMILES string of the molecule is CCC(=O)N1CCN(S(=O)(=O)c2ccc(C)cc2)C1c1ccc(N(CC)CC)cc1. The average Bonchev–Trinajstić information content (AvgIpc) is 3.21. The van der Waals surface area contributed by atoms with Gasteiger partial charge in [0.05, 0.1) is 4.90 Å². The fourth-order valence-corrected chi connectivity index (χ4v) is 5.53. The van der Waals surface area contributed by atoms with Crippen LogP contribution in [-0.4, -0.2) is 49.7 Å². The van der Waals surface area contributed by atoms with E-state index in [1.54, 1.807) is 36.1 Å². The fraction of sp³-hybridized carbons (Fsp3) is 0.435. The van der Waals surface area contributed by atoms with Crippen LogP contribution in [-0.2, 0) is 14.8 Å². The van der Waals surface area contributed by atoms with E-state index in [1.165, 1.54) is 4.31 Å². The summed E-state index contributed by atoms with van der Waals surface area (Å²) in [5.74, 6) is -0.0468. The van der Waals surface area contributed by atoms with E-state index in [9.17, 15) is 13.2 Å². The predicted molar refractivity (Wildman–Crippen MR) is 120 cm³/mol. The normalized spacial score (nSPS) is 17.3. The maximum Gasteiger partial charge on any atom is 0.245 e. The molecule has 2 aromatic carbocycles. The second-order valence-corrected chi connectivity index (χ2v) is 9.40. The lowest BCUT2D eigenvalue weighted by Gasteiger charge is -2.30. The largest absolute Gasteiger partial charge is 0.372 e. The molecule has 2 aromatic rings. The van der Waals surface area contributed by atoms with Gasteiger partial charge in [0.25, 0.3) is 0 Å². The van der Waals surface area contributed by atoms with Crippen LogP contribution in [0.25, 0.3) is 0 Å². The van der Waals surface area contributed by atoms with Gasteiger partial charge in [-0.3, -0.25) is 4.79 Å². The van der Waals surface area contributed by atoms with Crippen LogP contribution >= 0.6 is 0 Å². The van der Waals surface area contributed by atoms with Crippen molar-refractivity contribution in [1.29, 1.82) is 0 Å². The van der Waals surface area contributed by atoms with E-state index >= 15 is 0 Å².